The Morgan fingerprint density at radius 1 is 0.914 bits per heavy atom. The first-order valence-corrected chi connectivity index (χ1v) is 12.5. The highest BCUT2D eigenvalue weighted by Crippen LogP contribution is 2.55. The molecule has 0 aliphatic carbocycles. The zero-order chi connectivity index (χ0) is 24.9. The topological polar surface area (TPSA) is 69.7 Å². The van der Waals surface area contributed by atoms with Crippen LogP contribution < -0.4 is 15.1 Å². The van der Waals surface area contributed by atoms with E-state index in [2.05, 4.69) is 5.32 Å². The molecule has 3 amide bonds. The number of rotatable bonds is 4. The second kappa shape index (κ2) is 8.57. The van der Waals surface area contributed by atoms with Gasteiger partial charge in [-0.25, -0.2) is 0 Å². The number of carbonyl (C=O) groups is 3. The zero-order valence-corrected chi connectivity index (χ0v) is 21.0. The maximum atomic E-state index is 14.1. The van der Waals surface area contributed by atoms with Crippen molar-refractivity contribution in [1.82, 2.24) is 0 Å². The van der Waals surface area contributed by atoms with Gasteiger partial charge < -0.3 is 5.32 Å². The van der Waals surface area contributed by atoms with E-state index in [9.17, 15) is 14.4 Å². The highest BCUT2D eigenvalue weighted by atomic mass is 32.2. The minimum absolute atomic E-state index is 0.122. The molecule has 3 aromatic carbocycles. The predicted octanol–water partition coefficient (Wildman–Crippen LogP) is 4.84. The summed E-state index contributed by atoms with van der Waals surface area (Å²) in [6.45, 7) is 7.88. The number of amides is 3. The van der Waals surface area contributed by atoms with Crippen LogP contribution in [0.15, 0.2) is 60.7 Å². The third kappa shape index (κ3) is 3.71. The van der Waals surface area contributed by atoms with Crippen molar-refractivity contribution < 1.29 is 14.4 Å². The van der Waals surface area contributed by atoms with E-state index in [0.29, 0.717) is 17.1 Å². The van der Waals surface area contributed by atoms with Gasteiger partial charge in [0.25, 0.3) is 5.91 Å². The fraction of sp³-hybridized carbons (Fsp3) is 0.250. The molecule has 5 rings (SSSR count). The molecule has 1 saturated heterocycles. The van der Waals surface area contributed by atoms with Crippen molar-refractivity contribution in [2.45, 2.75) is 32.6 Å². The van der Waals surface area contributed by atoms with Gasteiger partial charge in [0.15, 0.2) is 0 Å². The van der Waals surface area contributed by atoms with E-state index in [-0.39, 0.29) is 30.0 Å². The summed E-state index contributed by atoms with van der Waals surface area (Å²) in [5.41, 5.74) is 7.15. The predicted molar refractivity (Wildman–Crippen MR) is 141 cm³/mol. The number of hydrogen-bond donors (Lipinski definition) is 1. The molecule has 2 aliphatic heterocycles. The molecule has 0 saturated carbocycles. The average Bonchev–Trinajstić information content (AvgIpc) is 3.29. The lowest BCUT2D eigenvalue weighted by Gasteiger charge is -2.33. The Morgan fingerprint density at radius 2 is 1.60 bits per heavy atom. The number of aryl methyl sites for hydroxylation is 4. The number of anilines is 3. The number of nitrogens with zero attached hydrogens (tertiary/aromatic N) is 2. The SMILES string of the molecule is Cc1ccc(NC(=O)CN2C(=O)[C@]3(SCC(=O)N3c3ccc(C)c(C)c3)c3ccccc32)cc1C. The Labute approximate surface area is 209 Å². The molecule has 0 radical (unpaired) electrons. The zero-order valence-electron chi connectivity index (χ0n) is 20.2. The van der Waals surface area contributed by atoms with Gasteiger partial charge in [-0.2, -0.15) is 0 Å². The van der Waals surface area contributed by atoms with E-state index in [1.165, 1.54) is 16.7 Å². The van der Waals surface area contributed by atoms with E-state index < -0.39 is 4.87 Å². The van der Waals surface area contributed by atoms with Gasteiger partial charge in [-0.05, 0) is 80.3 Å². The van der Waals surface area contributed by atoms with Gasteiger partial charge in [0.05, 0.1) is 11.4 Å². The van der Waals surface area contributed by atoms with Crippen molar-refractivity contribution >= 4 is 46.5 Å². The Balaban J connectivity index is 1.51. The van der Waals surface area contributed by atoms with Crippen LogP contribution >= 0.6 is 11.8 Å². The molecule has 3 aromatic rings. The number of thioether (sulfide) groups is 1. The lowest BCUT2D eigenvalue weighted by Crippen LogP contribution is -2.50. The molecule has 6 nitrogen and oxygen atoms in total. The molecule has 1 N–H and O–H groups in total. The lowest BCUT2D eigenvalue weighted by molar-refractivity contribution is -0.124. The molecule has 1 spiro atoms. The summed E-state index contributed by atoms with van der Waals surface area (Å²) in [6, 6.07) is 19.0. The quantitative estimate of drug-likeness (QED) is 0.574. The Kier molecular flexibility index (Phi) is 5.68. The first-order valence-electron chi connectivity index (χ1n) is 11.5. The van der Waals surface area contributed by atoms with Gasteiger partial charge >= 0.3 is 0 Å². The minimum Gasteiger partial charge on any atom is -0.325 e. The molecule has 0 bridgehead atoms. The normalized spacial score (nSPS) is 19.0. The van der Waals surface area contributed by atoms with Crippen LogP contribution in [-0.2, 0) is 19.3 Å². The van der Waals surface area contributed by atoms with Crippen LogP contribution in [0.2, 0.25) is 0 Å². The Bertz CT molecular complexity index is 1390. The molecular weight excluding hydrogens is 458 g/mol. The first kappa shape index (κ1) is 23.2. The molecule has 178 valence electrons. The van der Waals surface area contributed by atoms with E-state index >= 15 is 0 Å². The van der Waals surface area contributed by atoms with Crippen molar-refractivity contribution in [2.75, 3.05) is 27.4 Å². The van der Waals surface area contributed by atoms with Crippen LogP contribution in [0.1, 0.15) is 27.8 Å². The molecule has 0 unspecified atom stereocenters. The number of benzene rings is 3. The third-order valence-electron chi connectivity index (χ3n) is 6.90. The first-order chi connectivity index (χ1) is 16.7. The summed E-state index contributed by atoms with van der Waals surface area (Å²) in [5, 5.41) is 2.91. The number of hydrogen-bond acceptors (Lipinski definition) is 4. The van der Waals surface area contributed by atoms with Gasteiger partial charge in [0, 0.05) is 16.9 Å². The molecule has 2 heterocycles. The molecular formula is C28H27N3O3S. The standard InChI is InChI=1S/C28H27N3O3S/c1-17-9-11-21(13-19(17)3)29-25(32)15-30-24-8-6-5-7-23(24)28(27(30)34)31(26(33)16-35-28)22-12-10-18(2)20(4)14-22/h5-14H,15-16H2,1-4H3,(H,29,32)/t28-/m1/s1. The Hall–Kier alpha value is -3.58. The molecule has 35 heavy (non-hydrogen) atoms. The molecule has 7 heteroatoms. The largest absolute Gasteiger partial charge is 0.325 e. The third-order valence-corrected chi connectivity index (χ3v) is 8.29. The molecule has 1 atom stereocenters. The molecule has 1 fully saturated rings. The van der Waals surface area contributed by atoms with E-state index in [4.69, 9.17) is 0 Å². The van der Waals surface area contributed by atoms with Crippen molar-refractivity contribution in [2.24, 2.45) is 0 Å². The fourth-order valence-corrected chi connectivity index (χ4v) is 6.10. The maximum Gasteiger partial charge on any atom is 0.269 e. The van der Waals surface area contributed by atoms with Gasteiger partial charge in [-0.3, -0.25) is 24.2 Å². The summed E-state index contributed by atoms with van der Waals surface area (Å²) in [4.78, 5) is 42.2. The number of para-hydroxylation sites is 1. The summed E-state index contributed by atoms with van der Waals surface area (Å²) >= 11 is 1.32. The minimum atomic E-state index is -1.23. The second-order valence-electron chi connectivity index (χ2n) is 9.19. The van der Waals surface area contributed by atoms with Crippen LogP contribution in [-0.4, -0.2) is 30.0 Å². The van der Waals surface area contributed by atoms with Gasteiger partial charge in [0.1, 0.15) is 6.54 Å². The van der Waals surface area contributed by atoms with Crippen LogP contribution in [0.25, 0.3) is 0 Å². The summed E-state index contributed by atoms with van der Waals surface area (Å²) in [7, 11) is 0. The van der Waals surface area contributed by atoms with Crippen molar-refractivity contribution in [3.05, 3.63) is 88.5 Å². The summed E-state index contributed by atoms with van der Waals surface area (Å²) in [6.07, 6.45) is 0. The number of fused-ring (bicyclic) bond motifs is 2. The van der Waals surface area contributed by atoms with E-state index in [1.807, 2.05) is 88.4 Å². The van der Waals surface area contributed by atoms with Crippen LogP contribution in [0.3, 0.4) is 0 Å². The summed E-state index contributed by atoms with van der Waals surface area (Å²) < 4.78 is 0. The highest BCUT2D eigenvalue weighted by Gasteiger charge is 2.61. The van der Waals surface area contributed by atoms with E-state index in [0.717, 1.165) is 27.8 Å². The van der Waals surface area contributed by atoms with Gasteiger partial charge in [-0.1, -0.05) is 30.3 Å². The average molecular weight is 486 g/mol. The van der Waals surface area contributed by atoms with Gasteiger partial charge in [-0.15, -0.1) is 11.8 Å². The van der Waals surface area contributed by atoms with Crippen LogP contribution in [0.4, 0.5) is 17.1 Å². The molecule has 2 aliphatic rings. The highest BCUT2D eigenvalue weighted by molar-refractivity contribution is 8.02. The van der Waals surface area contributed by atoms with Crippen molar-refractivity contribution in [1.29, 1.82) is 0 Å². The van der Waals surface area contributed by atoms with Crippen LogP contribution in [0, 0.1) is 27.7 Å². The number of nitrogens with one attached hydrogen (secondary N) is 1. The lowest BCUT2D eigenvalue weighted by atomic mass is 10.0. The monoisotopic (exact) mass is 485 g/mol. The molecule has 0 aromatic heterocycles. The van der Waals surface area contributed by atoms with E-state index in [1.54, 1.807) is 4.90 Å². The fourth-order valence-electron chi connectivity index (χ4n) is 4.74. The number of carbonyl (C=O) groups excluding carboxylic acids is 3. The second-order valence-corrected chi connectivity index (χ2v) is 10.4. The Morgan fingerprint density at radius 3 is 2.31 bits per heavy atom. The maximum absolute atomic E-state index is 14.1. The van der Waals surface area contributed by atoms with Crippen molar-refractivity contribution in [3.63, 3.8) is 0 Å². The van der Waals surface area contributed by atoms with Gasteiger partial charge in [0.2, 0.25) is 16.7 Å². The summed E-state index contributed by atoms with van der Waals surface area (Å²) in [5.74, 6) is -0.498. The smallest absolute Gasteiger partial charge is 0.269 e. The van der Waals surface area contributed by atoms with Crippen molar-refractivity contribution in [3.8, 4) is 0 Å². The van der Waals surface area contributed by atoms with Crippen LogP contribution in [0.5, 0.6) is 0 Å².